The minimum Gasteiger partial charge on any atom is -0.401 e. The Kier molecular flexibility index (Phi) is 12.8. The Balaban J connectivity index is 0.00000205. The Morgan fingerprint density at radius 3 is 2.42 bits per heavy atom. The predicted octanol–water partition coefficient (Wildman–Crippen LogP) is 6.14. The van der Waals surface area contributed by atoms with Crippen molar-refractivity contribution < 1.29 is 4.79 Å². The number of benzene rings is 1. The summed E-state index contributed by atoms with van der Waals surface area (Å²) in [4.78, 5) is 19.0. The maximum Gasteiger partial charge on any atom is 0.251 e. The van der Waals surface area contributed by atoms with Gasteiger partial charge in [-0.15, -0.1) is 11.8 Å². The van der Waals surface area contributed by atoms with Gasteiger partial charge in [-0.1, -0.05) is 46.3 Å². The summed E-state index contributed by atoms with van der Waals surface area (Å²) in [5.74, 6) is 0.270. The van der Waals surface area contributed by atoms with Gasteiger partial charge in [0.1, 0.15) is 0 Å². The third-order valence-corrected chi connectivity index (χ3v) is 8.52. The molecule has 7 heteroatoms. The molecule has 6 nitrogen and oxygen atoms in total. The molecule has 0 aliphatic carbocycles. The fraction of sp³-hybridized carbons (Fsp3) is 0.586. The third-order valence-electron chi connectivity index (χ3n) is 6.98. The van der Waals surface area contributed by atoms with Gasteiger partial charge in [0.05, 0.1) is 4.87 Å². The Bertz CT molecular complexity index is 909. The van der Waals surface area contributed by atoms with Crippen LogP contribution in [0, 0.1) is 11.3 Å². The number of nitrogens with zero attached hydrogens (tertiary/aromatic N) is 2. The molecule has 0 radical (unpaired) electrons. The second kappa shape index (κ2) is 14.5. The molecule has 1 aliphatic heterocycles. The summed E-state index contributed by atoms with van der Waals surface area (Å²) in [7, 11) is 3.73. The molecule has 0 bridgehead atoms. The van der Waals surface area contributed by atoms with Crippen molar-refractivity contribution in [3.63, 3.8) is 0 Å². The molecule has 1 aliphatic rings. The van der Waals surface area contributed by atoms with Crippen LogP contribution in [0.1, 0.15) is 71.2 Å². The van der Waals surface area contributed by atoms with Crippen molar-refractivity contribution in [1.82, 2.24) is 10.2 Å². The highest BCUT2D eigenvalue weighted by Gasteiger charge is 2.40. The van der Waals surface area contributed by atoms with E-state index in [1.165, 1.54) is 23.3 Å². The van der Waals surface area contributed by atoms with Gasteiger partial charge >= 0.3 is 0 Å². The van der Waals surface area contributed by atoms with Gasteiger partial charge in [-0.3, -0.25) is 4.79 Å². The van der Waals surface area contributed by atoms with E-state index in [-0.39, 0.29) is 16.2 Å². The van der Waals surface area contributed by atoms with Gasteiger partial charge in [0.2, 0.25) is 0 Å². The zero-order valence-electron chi connectivity index (χ0n) is 23.8. The summed E-state index contributed by atoms with van der Waals surface area (Å²) < 4.78 is 0. The minimum absolute atomic E-state index is 0.0159. The lowest BCUT2D eigenvalue weighted by molar-refractivity contribution is 0.0950. The molecule has 36 heavy (non-hydrogen) atoms. The molecule has 0 spiro atoms. The average Bonchev–Trinajstić information content (AvgIpc) is 3.11. The van der Waals surface area contributed by atoms with Crippen LogP contribution in [-0.4, -0.2) is 56.1 Å². The SMILES string of the molecule is C=C(C)C(C)(C)C(C)C1=C(N)CC(C)(Nc2ccc(C(=O)NCCN(C)CCCC)cc2)S1.C=NC. The Labute approximate surface area is 224 Å². The van der Waals surface area contributed by atoms with Gasteiger partial charge in [0.15, 0.2) is 0 Å². The van der Waals surface area contributed by atoms with Crippen molar-refractivity contribution in [3.8, 4) is 0 Å². The van der Waals surface area contributed by atoms with Crippen LogP contribution in [0.15, 0.2) is 52.0 Å². The lowest BCUT2D eigenvalue weighted by Gasteiger charge is -2.35. The first-order chi connectivity index (χ1) is 16.8. The van der Waals surface area contributed by atoms with Crippen LogP contribution >= 0.6 is 11.8 Å². The summed E-state index contributed by atoms with van der Waals surface area (Å²) in [5, 5.41) is 6.66. The molecule has 2 unspecified atom stereocenters. The number of likely N-dealkylation sites (N-methyl/N-ethyl adjacent to an activating group) is 1. The van der Waals surface area contributed by atoms with E-state index in [0.29, 0.717) is 18.0 Å². The van der Waals surface area contributed by atoms with Crippen molar-refractivity contribution in [3.05, 3.63) is 52.6 Å². The van der Waals surface area contributed by atoms with Crippen LogP contribution in [0.4, 0.5) is 5.69 Å². The largest absolute Gasteiger partial charge is 0.401 e. The zero-order chi connectivity index (χ0) is 27.5. The molecule has 1 aromatic rings. The van der Waals surface area contributed by atoms with E-state index in [1.807, 2.05) is 36.0 Å². The van der Waals surface area contributed by atoms with Gasteiger partial charge in [-0.05, 0) is 76.2 Å². The number of carbonyl (C=O) groups excluding carboxylic acids is 1. The van der Waals surface area contributed by atoms with Crippen LogP contribution in [0.3, 0.4) is 0 Å². The smallest absolute Gasteiger partial charge is 0.251 e. The number of nitrogens with one attached hydrogen (secondary N) is 2. The molecule has 1 amide bonds. The molecule has 1 heterocycles. The number of hydrogen-bond acceptors (Lipinski definition) is 6. The van der Waals surface area contributed by atoms with E-state index in [1.54, 1.807) is 7.05 Å². The number of hydrogen-bond donors (Lipinski definition) is 3. The van der Waals surface area contributed by atoms with Crippen molar-refractivity contribution >= 4 is 30.1 Å². The number of thioether (sulfide) groups is 1. The second-order valence-corrected chi connectivity index (χ2v) is 12.1. The third kappa shape index (κ3) is 9.32. The summed E-state index contributed by atoms with van der Waals surface area (Å²) in [6.07, 6.45) is 3.14. The normalized spacial score (nSPS) is 18.4. The van der Waals surface area contributed by atoms with Crippen molar-refractivity contribution in [1.29, 1.82) is 0 Å². The topological polar surface area (TPSA) is 82.7 Å². The number of allylic oxidation sites excluding steroid dienone is 2. The highest BCUT2D eigenvalue weighted by atomic mass is 32.2. The molecule has 2 atom stereocenters. The molecule has 202 valence electrons. The van der Waals surface area contributed by atoms with E-state index >= 15 is 0 Å². The van der Waals surface area contributed by atoms with Gasteiger partial charge in [-0.25, -0.2) is 0 Å². The molecular formula is C29H49N5OS. The molecule has 0 saturated heterocycles. The van der Waals surface area contributed by atoms with Gasteiger partial charge in [-0.2, -0.15) is 0 Å². The van der Waals surface area contributed by atoms with Crippen LogP contribution in [0.5, 0.6) is 0 Å². The van der Waals surface area contributed by atoms with Crippen LogP contribution in [0.25, 0.3) is 0 Å². The quantitative estimate of drug-likeness (QED) is 0.230. The maximum absolute atomic E-state index is 12.5. The highest BCUT2D eigenvalue weighted by molar-refractivity contribution is 8.04. The van der Waals surface area contributed by atoms with Crippen LogP contribution in [-0.2, 0) is 0 Å². The minimum atomic E-state index is -0.217. The van der Waals surface area contributed by atoms with Gasteiger partial charge in [0.25, 0.3) is 5.91 Å². The highest BCUT2D eigenvalue weighted by Crippen LogP contribution is 2.52. The first-order valence-electron chi connectivity index (χ1n) is 12.8. The van der Waals surface area contributed by atoms with Gasteiger partial charge < -0.3 is 26.3 Å². The lowest BCUT2D eigenvalue weighted by Crippen LogP contribution is -2.33. The second-order valence-electron chi connectivity index (χ2n) is 10.6. The maximum atomic E-state index is 12.5. The number of nitrogens with two attached hydrogens (primary N) is 1. The number of unbranched alkanes of at least 4 members (excludes halogenated alkanes) is 1. The van der Waals surface area contributed by atoms with Gasteiger partial charge in [0, 0.05) is 48.4 Å². The van der Waals surface area contributed by atoms with Crippen LogP contribution < -0.4 is 16.4 Å². The molecule has 0 saturated carbocycles. The standard InChI is InChI=1S/C27H44N4OS.C2H5N/c1-9-10-16-31(8)17-15-29-25(32)21-11-13-22(14-12-21)30-27(7)18-23(28)24(33-27)20(4)26(5,6)19(2)3;1-3-2/h11-14,20,30H,2,9-10,15-18,28H2,1,3-8H3,(H,29,32);1H2,2H3. The summed E-state index contributed by atoms with van der Waals surface area (Å²) in [5.41, 5.74) is 10.3. The lowest BCUT2D eigenvalue weighted by atomic mass is 9.74. The van der Waals surface area contributed by atoms with E-state index in [0.717, 1.165) is 30.9 Å². The zero-order valence-corrected chi connectivity index (χ0v) is 24.6. The molecule has 0 aromatic heterocycles. The van der Waals surface area contributed by atoms with E-state index < -0.39 is 0 Å². The van der Waals surface area contributed by atoms with E-state index in [9.17, 15) is 4.79 Å². The summed E-state index contributed by atoms with van der Waals surface area (Å²) >= 11 is 1.82. The van der Waals surface area contributed by atoms with Crippen molar-refractivity contribution in [2.45, 2.75) is 65.7 Å². The fourth-order valence-electron chi connectivity index (χ4n) is 3.94. The number of carbonyl (C=O) groups is 1. The predicted molar refractivity (Wildman–Crippen MR) is 160 cm³/mol. The number of aliphatic imine (C=N–C) groups is 1. The number of anilines is 1. The molecule has 0 fully saturated rings. The molecule has 4 N–H and O–H groups in total. The number of rotatable bonds is 12. The van der Waals surface area contributed by atoms with Crippen LogP contribution in [0.2, 0.25) is 0 Å². The Morgan fingerprint density at radius 1 is 1.31 bits per heavy atom. The fourth-order valence-corrected chi connectivity index (χ4v) is 5.50. The molecular weight excluding hydrogens is 466 g/mol. The summed E-state index contributed by atoms with van der Waals surface area (Å²) in [6, 6.07) is 7.71. The molecule has 2 rings (SSSR count). The Morgan fingerprint density at radius 2 is 1.89 bits per heavy atom. The number of amides is 1. The van der Waals surface area contributed by atoms with Crippen molar-refractivity contribution in [2.24, 2.45) is 22.1 Å². The molecule has 1 aromatic carbocycles. The average molecular weight is 516 g/mol. The first-order valence-corrected chi connectivity index (χ1v) is 13.7. The van der Waals surface area contributed by atoms with E-state index in [4.69, 9.17) is 5.73 Å². The van der Waals surface area contributed by atoms with Crippen molar-refractivity contribution in [2.75, 3.05) is 39.0 Å². The Hall–Kier alpha value is -2.25. The van der Waals surface area contributed by atoms with E-state index in [2.05, 4.69) is 82.4 Å². The monoisotopic (exact) mass is 515 g/mol. The first kappa shape index (κ1) is 31.8. The summed E-state index contributed by atoms with van der Waals surface area (Å²) in [6.45, 7) is 23.0.